The van der Waals surface area contributed by atoms with Crippen molar-refractivity contribution in [1.82, 2.24) is 10.8 Å². The van der Waals surface area contributed by atoms with Gasteiger partial charge in [-0.15, -0.1) is 0 Å². The lowest BCUT2D eigenvalue weighted by atomic mass is 9.78. The number of hydrogen-bond acceptors (Lipinski definition) is 8. The van der Waals surface area contributed by atoms with E-state index in [-0.39, 0.29) is 35.4 Å². The molecule has 11 heteroatoms. The van der Waals surface area contributed by atoms with E-state index in [0.29, 0.717) is 25.1 Å². The van der Waals surface area contributed by atoms with Gasteiger partial charge in [-0.1, -0.05) is 6.08 Å². The van der Waals surface area contributed by atoms with E-state index in [2.05, 4.69) is 16.9 Å². The summed E-state index contributed by atoms with van der Waals surface area (Å²) in [5, 5.41) is 21.5. The van der Waals surface area contributed by atoms with Crippen LogP contribution in [-0.4, -0.2) is 53.7 Å². The Morgan fingerprint density at radius 2 is 2.17 bits per heavy atom. The second-order valence-corrected chi connectivity index (χ2v) is 10.4. The van der Waals surface area contributed by atoms with Crippen molar-refractivity contribution >= 4 is 23.5 Å². The molecule has 0 radical (unpaired) electrons. The summed E-state index contributed by atoms with van der Waals surface area (Å²) in [5.41, 5.74) is 2.32. The number of ether oxygens (including phenoxy) is 1. The maximum absolute atomic E-state index is 15.5. The van der Waals surface area contributed by atoms with Crippen molar-refractivity contribution in [2.75, 3.05) is 18.0 Å². The van der Waals surface area contributed by atoms with Crippen LogP contribution in [0.1, 0.15) is 62.4 Å². The van der Waals surface area contributed by atoms with Crippen LogP contribution >= 0.6 is 0 Å². The minimum atomic E-state index is -1.36. The lowest BCUT2D eigenvalue weighted by molar-refractivity contribution is -0.132. The Balaban J connectivity index is 1.63. The van der Waals surface area contributed by atoms with Crippen LogP contribution < -0.4 is 20.5 Å². The molecule has 1 aromatic rings. The molecule has 10 nitrogen and oxygen atoms in total. The van der Waals surface area contributed by atoms with Crippen LogP contribution in [0.15, 0.2) is 17.7 Å². The summed E-state index contributed by atoms with van der Waals surface area (Å²) in [6, 6.07) is 2.33. The average molecular weight is 501 g/mol. The molecule has 4 atom stereocenters. The lowest BCUT2D eigenvalue weighted by Crippen LogP contribution is -2.44. The van der Waals surface area contributed by atoms with E-state index in [9.17, 15) is 24.8 Å². The first-order chi connectivity index (χ1) is 16.9. The average Bonchev–Trinajstić information content (AvgIpc) is 3.25. The van der Waals surface area contributed by atoms with Crippen molar-refractivity contribution in [3.8, 4) is 11.8 Å². The molecular formula is C25H29FN4O6. The van der Waals surface area contributed by atoms with Crippen molar-refractivity contribution in [3.63, 3.8) is 0 Å². The number of nitrogens with zero attached hydrogens (tertiary/aromatic N) is 2. The Kier molecular flexibility index (Phi) is 6.66. The summed E-state index contributed by atoms with van der Waals surface area (Å²) in [7, 11) is 0. The minimum Gasteiger partial charge on any atom is -0.478 e. The van der Waals surface area contributed by atoms with E-state index in [4.69, 9.17) is 9.57 Å². The Morgan fingerprint density at radius 1 is 1.44 bits per heavy atom. The highest BCUT2D eigenvalue weighted by Gasteiger charge is 2.42. The molecule has 3 N–H and O–H groups in total. The highest BCUT2D eigenvalue weighted by molar-refractivity contribution is 6.25. The smallest absolute Gasteiger partial charge is 0.407 e. The molecular weight excluding hydrogens is 471 g/mol. The molecule has 2 heterocycles. The maximum atomic E-state index is 15.5. The fourth-order valence-electron chi connectivity index (χ4n) is 5.03. The van der Waals surface area contributed by atoms with E-state index in [1.165, 1.54) is 6.08 Å². The third kappa shape index (κ3) is 4.73. The number of rotatable bonds is 5. The Hall–Kier alpha value is -3.65. The summed E-state index contributed by atoms with van der Waals surface area (Å²) in [4.78, 5) is 44.2. The fourth-order valence-corrected chi connectivity index (χ4v) is 5.03. The molecule has 2 aliphatic heterocycles. The van der Waals surface area contributed by atoms with E-state index < -0.39 is 46.8 Å². The summed E-state index contributed by atoms with van der Waals surface area (Å²) in [6.45, 7) is 7.78. The standard InChI is InChI=1S/C25H29FN4O6/c1-12-14-9-16(23(32)33)21(31)15-10-17(26)20(22(19(14)15)36-29-12)30-8-6-13(11-30)18(5-7-27)28-24(34)35-25(2,3)4/h9-10,12-14,18,29H,5-6,8,11H2,1-4H3,(H,28,34)(H,32,33)/t12-,13?,14?,18?/m1/s1. The highest BCUT2D eigenvalue weighted by atomic mass is 19.1. The van der Waals surface area contributed by atoms with E-state index in [0.717, 1.165) is 6.07 Å². The summed E-state index contributed by atoms with van der Waals surface area (Å²) >= 11 is 0. The number of ketones is 1. The third-order valence-corrected chi connectivity index (χ3v) is 6.66. The van der Waals surface area contributed by atoms with Gasteiger partial charge in [0.15, 0.2) is 11.6 Å². The van der Waals surface area contributed by atoms with Crippen LogP contribution in [0.3, 0.4) is 0 Å². The van der Waals surface area contributed by atoms with Gasteiger partial charge in [0.25, 0.3) is 0 Å². The molecule has 192 valence electrons. The first-order valence-electron chi connectivity index (χ1n) is 11.8. The molecule has 3 unspecified atom stereocenters. The van der Waals surface area contributed by atoms with Gasteiger partial charge < -0.3 is 24.9 Å². The topological polar surface area (TPSA) is 141 Å². The highest BCUT2D eigenvalue weighted by Crippen LogP contribution is 2.48. The Morgan fingerprint density at radius 3 is 2.81 bits per heavy atom. The molecule has 0 bridgehead atoms. The van der Waals surface area contributed by atoms with E-state index in [1.807, 2.05) is 0 Å². The van der Waals surface area contributed by atoms with Gasteiger partial charge in [0.05, 0.1) is 18.5 Å². The number of aliphatic carboxylic acids is 1. The van der Waals surface area contributed by atoms with Gasteiger partial charge >= 0.3 is 12.1 Å². The molecule has 0 aromatic heterocycles. The molecule has 1 aliphatic carbocycles. The third-order valence-electron chi connectivity index (χ3n) is 6.66. The largest absolute Gasteiger partial charge is 0.478 e. The van der Waals surface area contributed by atoms with Gasteiger partial charge in [0.2, 0.25) is 5.78 Å². The van der Waals surface area contributed by atoms with Crippen LogP contribution in [0.4, 0.5) is 14.9 Å². The van der Waals surface area contributed by atoms with Gasteiger partial charge in [-0.05, 0) is 46.1 Å². The Bertz CT molecular complexity index is 1180. The number of benzene rings is 1. The fraction of sp³-hybridized carbons (Fsp3) is 0.520. The molecule has 0 spiro atoms. The van der Waals surface area contributed by atoms with Crippen LogP contribution in [-0.2, 0) is 9.53 Å². The van der Waals surface area contributed by atoms with Crippen LogP contribution in [0, 0.1) is 23.1 Å². The molecule has 0 saturated carbocycles. The van der Waals surface area contributed by atoms with Crippen LogP contribution in [0.5, 0.6) is 5.75 Å². The molecule has 1 fully saturated rings. The normalized spacial score (nSPS) is 23.7. The number of alkyl carbamates (subject to hydrolysis) is 1. The van der Waals surface area contributed by atoms with Crippen molar-refractivity contribution in [3.05, 3.63) is 34.7 Å². The number of anilines is 1. The monoisotopic (exact) mass is 500 g/mol. The summed E-state index contributed by atoms with van der Waals surface area (Å²) in [5.74, 6) is -3.33. The number of hydroxylamine groups is 1. The number of nitriles is 1. The molecule has 36 heavy (non-hydrogen) atoms. The van der Waals surface area contributed by atoms with Crippen molar-refractivity contribution in [2.24, 2.45) is 5.92 Å². The number of carboxylic acid groups (broad SMARTS) is 1. The molecule has 1 amide bonds. The molecule has 3 aliphatic rings. The second-order valence-electron chi connectivity index (χ2n) is 10.4. The number of carbonyl (C=O) groups is 3. The lowest BCUT2D eigenvalue weighted by Gasteiger charge is -2.36. The summed E-state index contributed by atoms with van der Waals surface area (Å²) in [6.07, 6.45) is 1.40. The zero-order valence-electron chi connectivity index (χ0n) is 20.6. The van der Waals surface area contributed by atoms with Gasteiger partial charge in [0, 0.05) is 36.2 Å². The molecule has 1 saturated heterocycles. The van der Waals surface area contributed by atoms with E-state index >= 15 is 4.39 Å². The van der Waals surface area contributed by atoms with Gasteiger partial charge in [-0.2, -0.15) is 10.7 Å². The summed E-state index contributed by atoms with van der Waals surface area (Å²) < 4.78 is 20.8. The maximum Gasteiger partial charge on any atom is 0.407 e. The zero-order chi connectivity index (χ0) is 26.4. The second kappa shape index (κ2) is 9.43. The SMILES string of the molecule is C[C@H]1NOc2c3c(cc(F)c2N2CCC(C(CC#N)NC(=O)OC(C)(C)C)C2)C(=O)C(C(=O)O)=CC31. The first kappa shape index (κ1) is 25.4. The number of halogens is 1. The van der Waals surface area contributed by atoms with Crippen LogP contribution in [0.25, 0.3) is 0 Å². The minimum absolute atomic E-state index is 0.0193. The first-order valence-corrected chi connectivity index (χ1v) is 11.8. The number of carbonyl (C=O) groups excluding carboxylic acids is 2. The van der Waals surface area contributed by atoms with Crippen molar-refractivity contribution < 1.29 is 33.5 Å². The number of hydrogen-bond donors (Lipinski definition) is 3. The number of Topliss-reactive ketones (excluding diaryl/α,β-unsaturated/α-hetero) is 1. The quantitative estimate of drug-likeness (QED) is 0.520. The van der Waals surface area contributed by atoms with Gasteiger partial charge in [0.1, 0.15) is 16.9 Å². The van der Waals surface area contributed by atoms with Crippen molar-refractivity contribution in [1.29, 1.82) is 5.26 Å². The van der Waals surface area contributed by atoms with E-state index in [1.54, 1.807) is 32.6 Å². The Labute approximate surface area is 208 Å². The van der Waals surface area contributed by atoms with Crippen LogP contribution in [0.2, 0.25) is 0 Å². The molecule has 1 aromatic carbocycles. The number of nitrogens with one attached hydrogen (secondary N) is 2. The predicted molar refractivity (Wildman–Crippen MR) is 126 cm³/mol. The number of amides is 1. The van der Waals surface area contributed by atoms with Gasteiger partial charge in [-0.3, -0.25) is 4.79 Å². The zero-order valence-corrected chi connectivity index (χ0v) is 20.6. The predicted octanol–water partition coefficient (Wildman–Crippen LogP) is 3.04. The van der Waals surface area contributed by atoms with Crippen molar-refractivity contribution in [2.45, 2.75) is 64.1 Å². The number of carboxylic acids is 1. The molecule has 4 rings (SSSR count). The van der Waals surface area contributed by atoms with Gasteiger partial charge in [-0.25, -0.2) is 14.0 Å².